The van der Waals surface area contributed by atoms with Gasteiger partial charge in [0.1, 0.15) is 5.82 Å². The van der Waals surface area contributed by atoms with E-state index in [1.54, 1.807) is 18.3 Å². The molecule has 0 aliphatic carbocycles. The van der Waals surface area contributed by atoms with Crippen molar-refractivity contribution in [2.24, 2.45) is 0 Å². The van der Waals surface area contributed by atoms with E-state index in [1.807, 2.05) is 10.8 Å². The molecule has 21 heavy (non-hydrogen) atoms. The van der Waals surface area contributed by atoms with Gasteiger partial charge in [0.2, 0.25) is 11.7 Å². The summed E-state index contributed by atoms with van der Waals surface area (Å²) in [7, 11) is 0. The normalized spacial score (nSPS) is 11.0. The van der Waals surface area contributed by atoms with Gasteiger partial charge in [0.15, 0.2) is 5.16 Å². The number of hydrogen-bond donors (Lipinski definition) is 0. The van der Waals surface area contributed by atoms with E-state index in [1.165, 1.54) is 23.9 Å². The van der Waals surface area contributed by atoms with Crippen LogP contribution in [-0.4, -0.2) is 19.7 Å². The summed E-state index contributed by atoms with van der Waals surface area (Å²) in [6, 6.07) is 6.00. The van der Waals surface area contributed by atoms with Gasteiger partial charge < -0.3 is 9.09 Å². The first kappa shape index (κ1) is 13.8. The molecule has 2 aromatic heterocycles. The molecule has 7 heteroatoms. The van der Waals surface area contributed by atoms with Crippen LogP contribution in [0, 0.1) is 5.82 Å². The second-order valence-electron chi connectivity index (χ2n) is 4.30. The van der Waals surface area contributed by atoms with Gasteiger partial charge in [0, 0.05) is 24.5 Å². The van der Waals surface area contributed by atoms with Crippen molar-refractivity contribution in [3.05, 3.63) is 48.4 Å². The first-order valence-corrected chi connectivity index (χ1v) is 7.47. The minimum atomic E-state index is -0.288. The molecule has 0 aliphatic heterocycles. The maximum atomic E-state index is 12.9. The number of thioether (sulfide) groups is 1. The molecule has 0 saturated carbocycles. The lowest BCUT2D eigenvalue weighted by atomic mass is 10.2. The van der Waals surface area contributed by atoms with Crippen molar-refractivity contribution in [3.8, 4) is 11.4 Å². The topological polar surface area (TPSA) is 56.7 Å². The number of imidazole rings is 1. The number of benzene rings is 1. The summed E-state index contributed by atoms with van der Waals surface area (Å²) in [4.78, 5) is 8.58. The summed E-state index contributed by atoms with van der Waals surface area (Å²) >= 11 is 1.54. The van der Waals surface area contributed by atoms with Gasteiger partial charge in [-0.2, -0.15) is 4.98 Å². The molecule has 108 valence electrons. The molecule has 0 aliphatic rings. The van der Waals surface area contributed by atoms with Crippen molar-refractivity contribution in [3.63, 3.8) is 0 Å². The molecule has 3 rings (SSSR count). The lowest BCUT2D eigenvalue weighted by molar-refractivity contribution is 0.391. The molecule has 0 saturated heterocycles. The fourth-order valence-corrected chi connectivity index (χ4v) is 2.69. The molecule has 0 N–H and O–H groups in total. The first-order valence-electron chi connectivity index (χ1n) is 6.48. The predicted molar refractivity (Wildman–Crippen MR) is 77.2 cm³/mol. The Hall–Kier alpha value is -2.15. The van der Waals surface area contributed by atoms with E-state index < -0.39 is 0 Å². The molecular weight excluding hydrogens is 291 g/mol. The highest BCUT2D eigenvalue weighted by atomic mass is 32.2. The number of aryl methyl sites for hydroxylation is 1. The first-order chi connectivity index (χ1) is 10.3. The Balaban J connectivity index is 1.69. The molecule has 0 atom stereocenters. The summed E-state index contributed by atoms with van der Waals surface area (Å²) in [6.07, 6.45) is 3.70. The highest BCUT2D eigenvalue weighted by Gasteiger charge is 2.10. The van der Waals surface area contributed by atoms with Crippen LogP contribution in [0.5, 0.6) is 0 Å². The largest absolute Gasteiger partial charge is 0.338 e. The van der Waals surface area contributed by atoms with Crippen LogP contribution in [0.4, 0.5) is 4.39 Å². The van der Waals surface area contributed by atoms with Crippen LogP contribution in [0.15, 0.2) is 46.3 Å². The smallest absolute Gasteiger partial charge is 0.237 e. The van der Waals surface area contributed by atoms with Gasteiger partial charge in [-0.05, 0) is 31.2 Å². The number of halogens is 1. The average Bonchev–Trinajstić information content (AvgIpc) is 3.14. The molecule has 0 amide bonds. The number of aromatic nitrogens is 4. The quantitative estimate of drug-likeness (QED) is 0.676. The van der Waals surface area contributed by atoms with Gasteiger partial charge in [0.05, 0.1) is 5.75 Å². The highest BCUT2D eigenvalue weighted by molar-refractivity contribution is 7.98. The average molecular weight is 304 g/mol. The van der Waals surface area contributed by atoms with Gasteiger partial charge >= 0.3 is 0 Å². The number of nitrogens with zero attached hydrogens (tertiary/aromatic N) is 4. The second-order valence-corrected chi connectivity index (χ2v) is 5.25. The second kappa shape index (κ2) is 6.09. The van der Waals surface area contributed by atoms with Gasteiger partial charge in [-0.1, -0.05) is 16.9 Å². The summed E-state index contributed by atoms with van der Waals surface area (Å²) in [5.74, 6) is 1.24. The Labute approximate surface area is 125 Å². The van der Waals surface area contributed by atoms with Crippen molar-refractivity contribution in [2.75, 3.05) is 0 Å². The third-order valence-electron chi connectivity index (χ3n) is 2.91. The van der Waals surface area contributed by atoms with Crippen LogP contribution in [0.1, 0.15) is 12.8 Å². The van der Waals surface area contributed by atoms with E-state index in [9.17, 15) is 4.39 Å². The van der Waals surface area contributed by atoms with Gasteiger partial charge in [-0.3, -0.25) is 0 Å². The lowest BCUT2D eigenvalue weighted by Gasteiger charge is -2.01. The summed E-state index contributed by atoms with van der Waals surface area (Å²) in [6.45, 7) is 2.93. The Morgan fingerprint density at radius 2 is 2.10 bits per heavy atom. The predicted octanol–water partition coefficient (Wildman–Crippen LogP) is 3.38. The molecule has 3 aromatic rings. The monoisotopic (exact) mass is 304 g/mol. The van der Waals surface area contributed by atoms with Gasteiger partial charge in [0.25, 0.3) is 0 Å². The van der Waals surface area contributed by atoms with Crippen molar-refractivity contribution < 1.29 is 8.91 Å². The van der Waals surface area contributed by atoms with E-state index >= 15 is 0 Å². The zero-order valence-corrected chi connectivity index (χ0v) is 12.2. The molecule has 0 bridgehead atoms. The maximum absolute atomic E-state index is 12.9. The molecule has 0 radical (unpaired) electrons. The van der Waals surface area contributed by atoms with E-state index in [0.717, 1.165) is 17.3 Å². The van der Waals surface area contributed by atoms with E-state index in [2.05, 4.69) is 22.0 Å². The molecule has 1 aromatic carbocycles. The highest BCUT2D eigenvalue weighted by Crippen LogP contribution is 2.22. The molecule has 0 fully saturated rings. The Morgan fingerprint density at radius 3 is 2.86 bits per heavy atom. The van der Waals surface area contributed by atoms with Crippen LogP contribution in [0.25, 0.3) is 11.4 Å². The Morgan fingerprint density at radius 1 is 1.29 bits per heavy atom. The fraction of sp³-hybridized carbons (Fsp3) is 0.214. The molecule has 2 heterocycles. The zero-order chi connectivity index (χ0) is 14.7. The van der Waals surface area contributed by atoms with Crippen molar-refractivity contribution in [1.29, 1.82) is 0 Å². The van der Waals surface area contributed by atoms with Crippen LogP contribution >= 0.6 is 11.8 Å². The summed E-state index contributed by atoms with van der Waals surface area (Å²) < 4.78 is 20.1. The zero-order valence-electron chi connectivity index (χ0n) is 11.4. The fourth-order valence-electron chi connectivity index (χ4n) is 1.83. The van der Waals surface area contributed by atoms with E-state index in [4.69, 9.17) is 4.52 Å². The standard InChI is InChI=1S/C14H13FN4OS/c1-2-19-8-7-16-14(19)21-9-12-17-13(18-20-12)10-3-5-11(15)6-4-10/h3-8H,2,9H2,1H3. The van der Waals surface area contributed by atoms with Crippen LogP contribution < -0.4 is 0 Å². The van der Waals surface area contributed by atoms with Crippen molar-refractivity contribution in [2.45, 2.75) is 24.4 Å². The Kier molecular flexibility index (Phi) is 4.01. The maximum Gasteiger partial charge on any atom is 0.237 e. The molecular formula is C14H13FN4OS. The molecule has 0 unspecified atom stereocenters. The van der Waals surface area contributed by atoms with Crippen molar-refractivity contribution >= 4 is 11.8 Å². The third kappa shape index (κ3) is 3.13. The van der Waals surface area contributed by atoms with Crippen LogP contribution in [-0.2, 0) is 12.3 Å². The number of rotatable bonds is 5. The SMILES string of the molecule is CCn1ccnc1SCc1nc(-c2ccc(F)cc2)no1. The summed E-state index contributed by atoms with van der Waals surface area (Å²) in [5, 5.41) is 4.83. The minimum absolute atomic E-state index is 0.288. The lowest BCUT2D eigenvalue weighted by Crippen LogP contribution is -1.94. The van der Waals surface area contributed by atoms with E-state index in [0.29, 0.717) is 17.5 Å². The van der Waals surface area contributed by atoms with Crippen molar-refractivity contribution in [1.82, 2.24) is 19.7 Å². The molecule has 5 nitrogen and oxygen atoms in total. The molecule has 0 spiro atoms. The number of hydrogen-bond acceptors (Lipinski definition) is 5. The minimum Gasteiger partial charge on any atom is -0.338 e. The van der Waals surface area contributed by atoms with Gasteiger partial charge in [-0.15, -0.1) is 0 Å². The van der Waals surface area contributed by atoms with E-state index in [-0.39, 0.29) is 5.82 Å². The Bertz CT molecular complexity index is 723. The van der Waals surface area contributed by atoms with Gasteiger partial charge in [-0.25, -0.2) is 9.37 Å². The van der Waals surface area contributed by atoms with Crippen LogP contribution in [0.3, 0.4) is 0 Å². The third-order valence-corrected chi connectivity index (χ3v) is 3.90. The summed E-state index contributed by atoms with van der Waals surface area (Å²) in [5.41, 5.74) is 0.728. The van der Waals surface area contributed by atoms with Crippen LogP contribution in [0.2, 0.25) is 0 Å².